The van der Waals surface area contributed by atoms with Crippen molar-refractivity contribution in [1.82, 2.24) is 0 Å². The van der Waals surface area contributed by atoms with Gasteiger partial charge in [0.1, 0.15) is 0 Å². The largest absolute Gasteiger partial charge is 0.493 e. The fraction of sp³-hybridized carbons (Fsp3) is 0.200. The minimum Gasteiger partial charge on any atom is -0.493 e. The Kier molecular flexibility index (Phi) is 6.34. The zero-order chi connectivity index (χ0) is 18.2. The fourth-order valence-electron chi connectivity index (χ4n) is 2.22. The van der Waals surface area contributed by atoms with E-state index in [1.54, 1.807) is 62.6 Å². The van der Waals surface area contributed by atoms with Gasteiger partial charge in [0, 0.05) is 11.6 Å². The molecule has 0 radical (unpaired) electrons. The summed E-state index contributed by atoms with van der Waals surface area (Å²) in [6, 6.07) is 14.0. The number of ketones is 1. The molecular formula is C20H20O5. The molecule has 5 nitrogen and oxygen atoms in total. The number of carbonyl (C=O) groups is 2. The number of esters is 1. The van der Waals surface area contributed by atoms with Gasteiger partial charge in [-0.15, -0.1) is 0 Å². The zero-order valence-electron chi connectivity index (χ0n) is 14.4. The highest BCUT2D eigenvalue weighted by atomic mass is 16.5. The van der Waals surface area contributed by atoms with E-state index in [1.807, 2.05) is 6.07 Å². The van der Waals surface area contributed by atoms with Crippen molar-refractivity contribution in [2.45, 2.75) is 13.0 Å². The molecule has 0 N–H and O–H groups in total. The summed E-state index contributed by atoms with van der Waals surface area (Å²) in [6.07, 6.45) is 2.00. The van der Waals surface area contributed by atoms with Crippen molar-refractivity contribution < 1.29 is 23.8 Å². The highest BCUT2D eigenvalue weighted by molar-refractivity contribution is 6.01. The molecule has 2 aromatic carbocycles. The lowest BCUT2D eigenvalue weighted by Crippen LogP contribution is -2.23. The van der Waals surface area contributed by atoms with Crippen molar-refractivity contribution >= 4 is 17.8 Å². The summed E-state index contributed by atoms with van der Waals surface area (Å²) in [5, 5.41) is 0. The van der Waals surface area contributed by atoms with Crippen molar-refractivity contribution in [3.63, 3.8) is 0 Å². The average molecular weight is 340 g/mol. The van der Waals surface area contributed by atoms with E-state index >= 15 is 0 Å². The summed E-state index contributed by atoms with van der Waals surface area (Å²) in [5.74, 6) is 0.329. The number of benzene rings is 2. The molecule has 0 saturated heterocycles. The van der Waals surface area contributed by atoms with E-state index in [4.69, 9.17) is 14.2 Å². The molecule has 0 bridgehead atoms. The van der Waals surface area contributed by atoms with Crippen molar-refractivity contribution in [3.05, 3.63) is 65.7 Å². The first-order chi connectivity index (χ1) is 12.0. The second-order valence-electron chi connectivity index (χ2n) is 5.26. The van der Waals surface area contributed by atoms with E-state index in [1.165, 1.54) is 13.2 Å². The Hall–Kier alpha value is -3.08. The van der Waals surface area contributed by atoms with Gasteiger partial charge in [-0.2, -0.15) is 0 Å². The second-order valence-corrected chi connectivity index (χ2v) is 5.26. The van der Waals surface area contributed by atoms with Gasteiger partial charge in [0.25, 0.3) is 0 Å². The van der Waals surface area contributed by atoms with Gasteiger partial charge in [-0.05, 0) is 30.7 Å². The molecule has 0 saturated carbocycles. The average Bonchev–Trinajstić information content (AvgIpc) is 2.66. The van der Waals surface area contributed by atoms with Crippen LogP contribution in [0, 0.1) is 0 Å². The molecule has 25 heavy (non-hydrogen) atoms. The molecule has 5 heteroatoms. The Balaban J connectivity index is 2.00. The van der Waals surface area contributed by atoms with Crippen LogP contribution in [0.4, 0.5) is 0 Å². The standard InChI is InChI=1S/C20H20O5/c1-14(20(22)16-7-5-4-6-8-16)25-19(21)12-10-15-9-11-17(23-2)18(13-15)24-3/h4-14H,1-3H3/b12-10+/t14-/m0/s1. The molecular weight excluding hydrogens is 320 g/mol. The van der Waals surface area contributed by atoms with Crippen molar-refractivity contribution in [2.24, 2.45) is 0 Å². The van der Waals surface area contributed by atoms with E-state index in [0.717, 1.165) is 5.56 Å². The molecule has 0 unspecified atom stereocenters. The molecule has 2 rings (SSSR count). The predicted octanol–water partition coefficient (Wildman–Crippen LogP) is 3.53. The van der Waals surface area contributed by atoms with Crippen LogP contribution < -0.4 is 9.47 Å². The number of carbonyl (C=O) groups excluding carboxylic acids is 2. The van der Waals surface area contributed by atoms with Gasteiger partial charge in [0.05, 0.1) is 14.2 Å². The van der Waals surface area contributed by atoms with E-state index < -0.39 is 12.1 Å². The molecule has 0 heterocycles. The third-order valence-corrected chi connectivity index (χ3v) is 3.54. The second kappa shape index (κ2) is 8.68. The lowest BCUT2D eigenvalue weighted by molar-refractivity contribution is -0.140. The van der Waals surface area contributed by atoms with Gasteiger partial charge < -0.3 is 14.2 Å². The molecule has 0 aliphatic rings. The number of rotatable bonds is 7. The first kappa shape index (κ1) is 18.3. The SMILES string of the molecule is COc1ccc(/C=C/C(=O)O[C@@H](C)C(=O)c2ccccc2)cc1OC. The number of hydrogen-bond acceptors (Lipinski definition) is 5. The topological polar surface area (TPSA) is 61.8 Å². The minimum atomic E-state index is -0.857. The van der Waals surface area contributed by atoms with Gasteiger partial charge in [0.15, 0.2) is 17.6 Å². The molecule has 0 aliphatic heterocycles. The maximum atomic E-state index is 12.2. The first-order valence-corrected chi connectivity index (χ1v) is 7.75. The van der Waals surface area contributed by atoms with E-state index in [0.29, 0.717) is 17.1 Å². The summed E-state index contributed by atoms with van der Waals surface area (Å²) in [6.45, 7) is 1.55. The third kappa shape index (κ3) is 4.94. The molecule has 130 valence electrons. The summed E-state index contributed by atoms with van der Waals surface area (Å²) in [5.41, 5.74) is 1.25. The molecule has 1 atom stereocenters. The summed E-state index contributed by atoms with van der Waals surface area (Å²) >= 11 is 0. The van der Waals surface area contributed by atoms with Crippen LogP contribution in [0.3, 0.4) is 0 Å². The number of methoxy groups -OCH3 is 2. The van der Waals surface area contributed by atoms with Crippen LogP contribution in [-0.4, -0.2) is 32.1 Å². The van der Waals surface area contributed by atoms with Gasteiger partial charge >= 0.3 is 5.97 Å². The van der Waals surface area contributed by atoms with Gasteiger partial charge in [-0.3, -0.25) is 4.79 Å². The van der Waals surface area contributed by atoms with Crippen molar-refractivity contribution in [3.8, 4) is 11.5 Å². The highest BCUT2D eigenvalue weighted by Crippen LogP contribution is 2.27. The predicted molar refractivity (Wildman–Crippen MR) is 94.9 cm³/mol. The third-order valence-electron chi connectivity index (χ3n) is 3.54. The van der Waals surface area contributed by atoms with Crippen LogP contribution in [0.5, 0.6) is 11.5 Å². The molecule has 0 aromatic heterocycles. The van der Waals surface area contributed by atoms with Crippen molar-refractivity contribution in [1.29, 1.82) is 0 Å². The zero-order valence-corrected chi connectivity index (χ0v) is 14.4. The number of ether oxygens (including phenoxy) is 3. The van der Waals surface area contributed by atoms with Crippen LogP contribution in [-0.2, 0) is 9.53 Å². The smallest absolute Gasteiger partial charge is 0.331 e. The lowest BCUT2D eigenvalue weighted by Gasteiger charge is -2.10. The Morgan fingerprint density at radius 2 is 1.64 bits per heavy atom. The van der Waals surface area contributed by atoms with Crippen molar-refractivity contribution in [2.75, 3.05) is 14.2 Å². The number of hydrogen-bond donors (Lipinski definition) is 0. The quantitative estimate of drug-likeness (QED) is 0.438. The van der Waals surface area contributed by atoms with Crippen LogP contribution in [0.25, 0.3) is 6.08 Å². The maximum Gasteiger partial charge on any atom is 0.331 e. The first-order valence-electron chi connectivity index (χ1n) is 7.75. The molecule has 0 aliphatic carbocycles. The van der Waals surface area contributed by atoms with E-state index in [-0.39, 0.29) is 5.78 Å². The van der Waals surface area contributed by atoms with Crippen LogP contribution >= 0.6 is 0 Å². The van der Waals surface area contributed by atoms with Gasteiger partial charge in [-0.25, -0.2) is 4.79 Å². The Bertz CT molecular complexity index is 765. The maximum absolute atomic E-state index is 12.2. The minimum absolute atomic E-state index is 0.242. The molecule has 0 fully saturated rings. The van der Waals surface area contributed by atoms with Crippen LogP contribution in [0.15, 0.2) is 54.6 Å². The lowest BCUT2D eigenvalue weighted by atomic mass is 10.1. The summed E-state index contributed by atoms with van der Waals surface area (Å²) in [7, 11) is 3.09. The molecule has 2 aromatic rings. The van der Waals surface area contributed by atoms with E-state index in [9.17, 15) is 9.59 Å². The highest BCUT2D eigenvalue weighted by Gasteiger charge is 2.18. The van der Waals surface area contributed by atoms with Gasteiger partial charge in [0.2, 0.25) is 5.78 Å². The van der Waals surface area contributed by atoms with Gasteiger partial charge in [-0.1, -0.05) is 36.4 Å². The fourth-order valence-corrected chi connectivity index (χ4v) is 2.22. The monoisotopic (exact) mass is 340 g/mol. The Labute approximate surface area is 146 Å². The molecule has 0 amide bonds. The Morgan fingerprint density at radius 3 is 2.28 bits per heavy atom. The normalized spacial score (nSPS) is 11.8. The van der Waals surface area contributed by atoms with Crippen LogP contribution in [0.1, 0.15) is 22.8 Å². The molecule has 0 spiro atoms. The summed E-state index contributed by atoms with van der Waals surface area (Å²) < 4.78 is 15.5. The summed E-state index contributed by atoms with van der Waals surface area (Å²) in [4.78, 5) is 24.1. The number of Topliss-reactive ketones (excluding diaryl/α,β-unsaturated/α-hetero) is 1. The van der Waals surface area contributed by atoms with Crippen LogP contribution in [0.2, 0.25) is 0 Å². The Morgan fingerprint density at radius 1 is 0.960 bits per heavy atom. The van der Waals surface area contributed by atoms with E-state index in [2.05, 4.69) is 0 Å².